The molecule has 140 valence electrons. The Balaban J connectivity index is 2.00. The third-order valence-corrected chi connectivity index (χ3v) is 4.26. The Morgan fingerprint density at radius 2 is 2.00 bits per heavy atom. The summed E-state index contributed by atoms with van der Waals surface area (Å²) in [6.45, 7) is 1.10. The van der Waals surface area contributed by atoms with E-state index < -0.39 is 17.2 Å². The number of pyridine rings is 2. The third kappa shape index (κ3) is 3.76. The lowest BCUT2D eigenvalue weighted by Crippen LogP contribution is -2.28. The van der Waals surface area contributed by atoms with Crippen LogP contribution in [-0.2, 0) is 6.54 Å². The number of Topliss-reactive ketones (excluding diaryl/α,β-unsaturated/α-hetero) is 1. The number of aromatic hydroxyl groups is 1. The number of ether oxygens (including phenoxy) is 1. The number of aromatic nitrogens is 2. The van der Waals surface area contributed by atoms with Crippen molar-refractivity contribution in [3.63, 3.8) is 0 Å². The second-order valence-corrected chi connectivity index (χ2v) is 6.09. The zero-order valence-corrected chi connectivity index (χ0v) is 15.1. The highest BCUT2D eigenvalue weighted by atomic mass is 16.5. The van der Waals surface area contributed by atoms with Gasteiger partial charge >= 0.3 is 0 Å². The molecule has 0 radical (unpaired) electrons. The van der Waals surface area contributed by atoms with E-state index in [-0.39, 0.29) is 29.8 Å². The maximum absolute atomic E-state index is 12.7. The fourth-order valence-electron chi connectivity index (χ4n) is 2.84. The van der Waals surface area contributed by atoms with Gasteiger partial charge in [0.15, 0.2) is 6.61 Å². The zero-order valence-electron chi connectivity index (χ0n) is 15.1. The maximum atomic E-state index is 12.7. The molecule has 0 saturated heterocycles. The molecule has 0 spiro atoms. The fourth-order valence-corrected chi connectivity index (χ4v) is 2.84. The van der Waals surface area contributed by atoms with E-state index in [1.54, 1.807) is 42.6 Å². The minimum atomic E-state index is -0.665. The van der Waals surface area contributed by atoms with Gasteiger partial charge in [-0.2, -0.15) is 5.26 Å². The topological polar surface area (TPSA) is 105 Å². The molecule has 1 N–H and O–H groups in total. The molecule has 0 aliphatic rings. The Bertz CT molecular complexity index is 1100. The molecular formula is C21H17N3O4. The van der Waals surface area contributed by atoms with Crippen molar-refractivity contribution in [2.75, 3.05) is 6.61 Å². The maximum Gasteiger partial charge on any atom is 0.271 e. The van der Waals surface area contributed by atoms with Crippen molar-refractivity contribution in [3.05, 3.63) is 87.5 Å². The van der Waals surface area contributed by atoms with Gasteiger partial charge < -0.3 is 9.84 Å². The predicted octanol–water partition coefficient (Wildman–Crippen LogP) is 2.44. The van der Waals surface area contributed by atoms with Gasteiger partial charge in [0.2, 0.25) is 11.7 Å². The van der Waals surface area contributed by atoms with Gasteiger partial charge in [-0.3, -0.25) is 19.1 Å². The van der Waals surface area contributed by atoms with E-state index in [9.17, 15) is 20.0 Å². The van der Waals surface area contributed by atoms with Crippen LogP contribution in [0.1, 0.15) is 27.0 Å². The molecule has 0 atom stereocenters. The van der Waals surface area contributed by atoms with Crippen LogP contribution in [0.25, 0.3) is 0 Å². The lowest BCUT2D eigenvalue weighted by Gasteiger charge is -2.15. The number of benzene rings is 1. The standard InChI is InChI=1S/C21H17N3O4/c1-14-17(10-22)20(26)24(12-15-6-5-9-23-11-15)21(27)19(14)18(25)13-28-16-7-3-2-4-8-16/h2-9,11,27H,12-13H2,1H3. The monoisotopic (exact) mass is 375 g/mol. The number of carbonyl (C=O) groups excluding carboxylic acids is 1. The Morgan fingerprint density at radius 3 is 2.64 bits per heavy atom. The smallest absolute Gasteiger partial charge is 0.271 e. The summed E-state index contributed by atoms with van der Waals surface area (Å²) in [7, 11) is 0. The van der Waals surface area contributed by atoms with E-state index >= 15 is 0 Å². The van der Waals surface area contributed by atoms with Crippen LogP contribution in [0.4, 0.5) is 0 Å². The second kappa shape index (κ2) is 8.18. The van der Waals surface area contributed by atoms with Crippen molar-refractivity contribution in [1.29, 1.82) is 5.26 Å². The number of ketones is 1. The van der Waals surface area contributed by atoms with E-state index in [0.717, 1.165) is 4.57 Å². The first-order valence-corrected chi connectivity index (χ1v) is 8.49. The average molecular weight is 375 g/mol. The largest absolute Gasteiger partial charge is 0.494 e. The van der Waals surface area contributed by atoms with Crippen molar-refractivity contribution in [2.24, 2.45) is 0 Å². The summed E-state index contributed by atoms with van der Waals surface area (Å²) in [6.07, 6.45) is 3.12. The van der Waals surface area contributed by atoms with Crippen molar-refractivity contribution in [2.45, 2.75) is 13.5 Å². The van der Waals surface area contributed by atoms with Gasteiger partial charge in [-0.05, 0) is 36.2 Å². The lowest BCUT2D eigenvalue weighted by molar-refractivity contribution is 0.0916. The van der Waals surface area contributed by atoms with Crippen LogP contribution in [-0.4, -0.2) is 27.0 Å². The molecule has 0 bridgehead atoms. The quantitative estimate of drug-likeness (QED) is 0.664. The van der Waals surface area contributed by atoms with Gasteiger partial charge in [0, 0.05) is 12.4 Å². The normalized spacial score (nSPS) is 10.3. The minimum absolute atomic E-state index is 0.0205. The van der Waals surface area contributed by atoms with Crippen LogP contribution in [0.5, 0.6) is 11.6 Å². The molecule has 7 heteroatoms. The van der Waals surface area contributed by atoms with Crippen molar-refractivity contribution in [3.8, 4) is 17.7 Å². The SMILES string of the molecule is Cc1c(C(=O)COc2ccccc2)c(O)n(Cc2cccnc2)c(=O)c1C#N. The van der Waals surface area contributed by atoms with E-state index in [4.69, 9.17) is 4.74 Å². The second-order valence-electron chi connectivity index (χ2n) is 6.09. The van der Waals surface area contributed by atoms with Crippen LogP contribution in [0.15, 0.2) is 59.7 Å². The number of hydrogen-bond donors (Lipinski definition) is 1. The van der Waals surface area contributed by atoms with Gasteiger partial charge in [-0.25, -0.2) is 0 Å². The number of rotatable bonds is 6. The number of carbonyl (C=O) groups is 1. The van der Waals surface area contributed by atoms with Crippen LogP contribution in [0, 0.1) is 18.3 Å². The summed E-state index contributed by atoms with van der Waals surface area (Å²) in [5.74, 6) is -0.528. The molecule has 2 heterocycles. The molecule has 3 rings (SSSR count). The van der Waals surface area contributed by atoms with Gasteiger partial charge in [-0.15, -0.1) is 0 Å². The summed E-state index contributed by atoms with van der Waals surface area (Å²) in [6, 6.07) is 14.0. The summed E-state index contributed by atoms with van der Waals surface area (Å²) < 4.78 is 6.45. The van der Waals surface area contributed by atoms with Gasteiger partial charge in [0.05, 0.1) is 12.1 Å². The highest BCUT2D eigenvalue weighted by molar-refractivity contribution is 6.01. The van der Waals surface area contributed by atoms with Gasteiger partial charge in [-0.1, -0.05) is 24.3 Å². The van der Waals surface area contributed by atoms with Crippen molar-refractivity contribution in [1.82, 2.24) is 9.55 Å². The predicted molar refractivity (Wildman–Crippen MR) is 101 cm³/mol. The molecule has 0 aliphatic heterocycles. The van der Waals surface area contributed by atoms with Crippen LogP contribution in [0.2, 0.25) is 0 Å². The Labute approximate surface area is 161 Å². The van der Waals surface area contributed by atoms with E-state index in [2.05, 4.69) is 4.98 Å². The molecule has 2 aromatic heterocycles. The molecule has 28 heavy (non-hydrogen) atoms. The molecule has 0 aliphatic carbocycles. The summed E-state index contributed by atoms with van der Waals surface area (Å²) in [5.41, 5.74) is -0.178. The highest BCUT2D eigenvalue weighted by Crippen LogP contribution is 2.23. The average Bonchev–Trinajstić information content (AvgIpc) is 2.71. The molecule has 3 aromatic rings. The van der Waals surface area contributed by atoms with E-state index in [0.29, 0.717) is 11.3 Å². The Hall–Kier alpha value is -3.92. The van der Waals surface area contributed by atoms with Crippen molar-refractivity contribution >= 4 is 5.78 Å². The molecule has 1 aromatic carbocycles. The first-order chi connectivity index (χ1) is 13.5. The molecule has 0 unspecified atom stereocenters. The van der Waals surface area contributed by atoms with E-state index in [1.165, 1.54) is 13.1 Å². The molecule has 0 fully saturated rings. The number of nitrogens with zero attached hydrogens (tertiary/aromatic N) is 3. The molecular weight excluding hydrogens is 358 g/mol. The fraction of sp³-hybridized carbons (Fsp3) is 0.143. The summed E-state index contributed by atoms with van der Waals surface area (Å²) >= 11 is 0. The van der Waals surface area contributed by atoms with Gasteiger partial charge in [0.1, 0.15) is 17.4 Å². The summed E-state index contributed by atoms with van der Waals surface area (Å²) in [5, 5.41) is 20.1. The number of para-hydroxylation sites is 1. The highest BCUT2D eigenvalue weighted by Gasteiger charge is 2.24. The van der Waals surface area contributed by atoms with Gasteiger partial charge in [0.25, 0.3) is 5.56 Å². The summed E-state index contributed by atoms with van der Waals surface area (Å²) in [4.78, 5) is 29.3. The Kier molecular flexibility index (Phi) is 5.51. The van der Waals surface area contributed by atoms with E-state index in [1.807, 2.05) is 12.1 Å². The van der Waals surface area contributed by atoms with Crippen LogP contribution >= 0.6 is 0 Å². The number of hydrogen-bond acceptors (Lipinski definition) is 6. The lowest BCUT2D eigenvalue weighted by atomic mass is 10.0. The molecule has 0 saturated carbocycles. The first-order valence-electron chi connectivity index (χ1n) is 8.49. The van der Waals surface area contributed by atoms with Crippen LogP contribution in [0.3, 0.4) is 0 Å². The minimum Gasteiger partial charge on any atom is -0.494 e. The zero-order chi connectivity index (χ0) is 20.1. The van der Waals surface area contributed by atoms with Crippen LogP contribution < -0.4 is 10.3 Å². The molecule has 0 amide bonds. The first kappa shape index (κ1) is 18.9. The van der Waals surface area contributed by atoms with Crippen molar-refractivity contribution < 1.29 is 14.6 Å². The number of nitriles is 1. The third-order valence-electron chi connectivity index (χ3n) is 4.26. The molecule has 7 nitrogen and oxygen atoms in total. The Morgan fingerprint density at radius 1 is 1.25 bits per heavy atom.